The van der Waals surface area contributed by atoms with Crippen LogP contribution in [-0.4, -0.2) is 0 Å². The van der Waals surface area contributed by atoms with E-state index in [-0.39, 0.29) is 17.0 Å². The first-order valence-corrected chi connectivity index (χ1v) is 0.955. The van der Waals surface area contributed by atoms with Gasteiger partial charge < -0.3 is 0 Å². The zero-order valence-corrected chi connectivity index (χ0v) is 5.04. The molecule has 0 aromatic carbocycles. The van der Waals surface area contributed by atoms with E-state index in [4.69, 9.17) is 15.8 Å². The van der Waals surface area contributed by atoms with Crippen molar-refractivity contribution in [3.63, 3.8) is 0 Å². The lowest BCUT2D eigenvalue weighted by Crippen LogP contribution is -1.26. The number of hydrogen-bond acceptors (Lipinski definition) is 3. The molecule has 0 aliphatic heterocycles. The third-order valence-corrected chi connectivity index (χ3v) is 0.0500. The minimum absolute atomic E-state index is 0. The van der Waals surface area contributed by atoms with Crippen molar-refractivity contribution in [2.24, 2.45) is 0 Å². The van der Waals surface area contributed by atoms with Crippen LogP contribution in [0.25, 0.3) is 0 Å². The maximum Gasteiger partial charge on any atom is 0.181 e. The van der Waals surface area contributed by atoms with Crippen LogP contribution in [0.2, 0.25) is 0 Å². The first kappa shape index (κ1) is 16.8. The van der Waals surface area contributed by atoms with Crippen LogP contribution in [0.4, 0.5) is 0 Å². The van der Waals surface area contributed by atoms with Crippen LogP contribution in [0.3, 0.4) is 0 Å². The van der Waals surface area contributed by atoms with Crippen LogP contribution < -0.4 is 0 Å². The van der Waals surface area contributed by atoms with Crippen molar-refractivity contribution in [1.82, 2.24) is 0 Å². The summed E-state index contributed by atoms with van der Waals surface area (Å²) in [5, 5.41) is 21.0. The van der Waals surface area contributed by atoms with E-state index in [0.717, 1.165) is 0 Å². The monoisotopic (exact) mass is 159 g/mol. The number of rotatable bonds is 0. The molecule has 0 atom stereocenters. The van der Waals surface area contributed by atoms with Crippen molar-refractivity contribution in [3.05, 3.63) is 0 Å². The first-order chi connectivity index (χ1) is 2.91. The average Bonchev–Trinajstić information content (AvgIpc) is 1.72. The molecule has 0 N–H and O–H groups in total. The van der Waals surface area contributed by atoms with Crippen molar-refractivity contribution < 1.29 is 0 Å². The predicted molar refractivity (Wildman–Crippen MR) is 28.2 cm³/mol. The molecule has 0 rings (SSSR count). The molecule has 0 saturated carbocycles. The van der Waals surface area contributed by atoms with E-state index in [9.17, 15) is 0 Å². The van der Waals surface area contributed by atoms with Gasteiger partial charge in [-0.15, -0.1) is 17.0 Å². The van der Waals surface area contributed by atoms with Crippen LogP contribution in [0, 0.1) is 34.5 Å². The van der Waals surface area contributed by atoms with Crippen molar-refractivity contribution in [2.45, 2.75) is 0 Å². The van der Waals surface area contributed by atoms with Gasteiger partial charge in [-0.25, -0.2) is 5.26 Å². The van der Waals surface area contributed by atoms with Gasteiger partial charge in [-0.3, -0.25) is 0 Å². The van der Waals surface area contributed by atoms with Gasteiger partial charge >= 0.3 is 0 Å². The molecule has 0 aromatic heterocycles. The molecule has 0 bridgehead atoms. The fourth-order valence-corrected chi connectivity index (χ4v) is 0. The predicted octanol–water partition coefficient (Wildman–Crippen LogP) is 0.751. The van der Waals surface area contributed by atoms with Gasteiger partial charge in [0.1, 0.15) is 0 Å². The van der Waals surface area contributed by atoms with E-state index in [1.807, 2.05) is 0 Å². The molecule has 4 heteroatoms. The second kappa shape index (κ2) is 85.6. The zero-order valence-electron chi connectivity index (χ0n) is 3.33. The molecule has 0 aromatic rings. The second-order valence-electron chi connectivity index (χ2n) is 0.224. The molecule has 0 saturated heterocycles. The van der Waals surface area contributed by atoms with Gasteiger partial charge in [-0.1, -0.05) is 0 Å². The summed E-state index contributed by atoms with van der Waals surface area (Å²) >= 11 is 0. The largest absolute Gasteiger partial charge is 0.202 e. The lowest BCUT2D eigenvalue weighted by Gasteiger charge is -1.16. The fraction of sp³-hybridized carbons (Fsp3) is 0. The Hall–Kier alpha value is -1.05. The Balaban J connectivity index is -0.0000000480. The fourth-order valence-electron chi connectivity index (χ4n) is 0. The Morgan fingerprint density at radius 3 is 1.14 bits per heavy atom. The molecule has 0 radical (unpaired) electrons. The molecule has 0 amide bonds. The summed E-state index contributed by atoms with van der Waals surface area (Å²) in [5.41, 5.74) is 0. The van der Waals surface area contributed by atoms with Crippen molar-refractivity contribution >= 4 is 17.0 Å². The summed E-state index contributed by atoms with van der Waals surface area (Å²) in [7, 11) is 0. The summed E-state index contributed by atoms with van der Waals surface area (Å²) in [6.07, 6.45) is 0. The molecular formula is C3H2BrN3. The van der Waals surface area contributed by atoms with Crippen molar-refractivity contribution in [2.75, 3.05) is 0 Å². The topological polar surface area (TPSA) is 71.4 Å². The van der Waals surface area contributed by atoms with Gasteiger partial charge in [0.15, 0.2) is 12.1 Å². The summed E-state index contributed by atoms with van der Waals surface area (Å²) in [6.45, 7) is 3.50. The molecule has 3 nitrogen and oxygen atoms in total. The lowest BCUT2D eigenvalue weighted by molar-refractivity contribution is 1.49. The highest BCUT2D eigenvalue weighted by atomic mass is 79.9. The smallest absolute Gasteiger partial charge is 0.181 e. The van der Waals surface area contributed by atoms with Gasteiger partial charge in [-0.2, -0.15) is 10.5 Å². The maximum atomic E-state index is 7.26. The molecule has 0 spiro atoms. The van der Waals surface area contributed by atoms with Crippen molar-refractivity contribution in [3.8, 4) is 18.7 Å². The van der Waals surface area contributed by atoms with Crippen LogP contribution in [-0.2, 0) is 0 Å². The third kappa shape index (κ3) is 17200. The minimum atomic E-state index is 0. The van der Waals surface area contributed by atoms with Crippen LogP contribution in [0.15, 0.2) is 0 Å². The maximum absolute atomic E-state index is 7.26. The Kier molecular flexibility index (Phi) is 205. The van der Waals surface area contributed by atoms with E-state index in [1.54, 1.807) is 0 Å². The number of halogens is 1. The zero-order chi connectivity index (χ0) is 5.41. The van der Waals surface area contributed by atoms with Crippen LogP contribution in [0.1, 0.15) is 0 Å². The summed E-state index contributed by atoms with van der Waals surface area (Å²) in [5.74, 6) is 0. The molecule has 0 unspecified atom stereocenters. The summed E-state index contributed by atoms with van der Waals surface area (Å²) < 4.78 is 0. The van der Waals surface area contributed by atoms with Gasteiger partial charge in [0.25, 0.3) is 0 Å². The Labute approximate surface area is 52.2 Å². The summed E-state index contributed by atoms with van der Waals surface area (Å²) in [4.78, 5) is 0. The third-order valence-electron chi connectivity index (χ3n) is 0.0500. The molecule has 0 aliphatic rings. The van der Waals surface area contributed by atoms with E-state index in [2.05, 4.69) is 6.57 Å². The van der Waals surface area contributed by atoms with Crippen LogP contribution >= 0.6 is 17.0 Å². The highest BCUT2D eigenvalue weighted by Crippen LogP contribution is 1.27. The SMILES string of the molecule is Br.C#N.N#CC#N. The average molecular weight is 160 g/mol. The number of nitriles is 3. The molecule has 0 aliphatic carbocycles. The Morgan fingerprint density at radius 2 is 1.14 bits per heavy atom. The van der Waals surface area contributed by atoms with Gasteiger partial charge in [0.2, 0.25) is 0 Å². The molecule has 7 heavy (non-hydrogen) atoms. The summed E-state index contributed by atoms with van der Waals surface area (Å²) in [6, 6.07) is 2.47. The molecule has 36 valence electrons. The highest BCUT2D eigenvalue weighted by molar-refractivity contribution is 8.93. The van der Waals surface area contributed by atoms with Gasteiger partial charge in [0.05, 0.1) is 0 Å². The number of nitrogens with zero attached hydrogens (tertiary/aromatic N) is 3. The normalized spacial score (nSPS) is 1.71. The number of hydrogen-bond donors (Lipinski definition) is 0. The Morgan fingerprint density at radius 1 is 1.00 bits per heavy atom. The standard InChI is InChI=1S/C2N2.CHN.BrH/c3-1-2-4;1-2;/h;1H;1H. The second-order valence-corrected chi connectivity index (χ2v) is 0.224. The Bertz CT molecular complexity index is 91.6. The van der Waals surface area contributed by atoms with E-state index < -0.39 is 0 Å². The van der Waals surface area contributed by atoms with Gasteiger partial charge in [0, 0.05) is 6.57 Å². The van der Waals surface area contributed by atoms with E-state index in [1.165, 1.54) is 12.1 Å². The van der Waals surface area contributed by atoms with E-state index in [0.29, 0.717) is 0 Å². The van der Waals surface area contributed by atoms with E-state index >= 15 is 0 Å². The highest BCUT2D eigenvalue weighted by Gasteiger charge is 1.39. The molecule has 0 fully saturated rings. The quantitative estimate of drug-likeness (QED) is 0.524. The molecule has 0 heterocycles. The van der Waals surface area contributed by atoms with Crippen molar-refractivity contribution in [1.29, 1.82) is 15.8 Å². The minimum Gasteiger partial charge on any atom is -0.202 e. The van der Waals surface area contributed by atoms with Gasteiger partial charge in [-0.05, 0) is 0 Å². The van der Waals surface area contributed by atoms with Crippen LogP contribution in [0.5, 0.6) is 0 Å². The lowest BCUT2D eigenvalue weighted by atomic mass is 10.9. The first-order valence-electron chi connectivity index (χ1n) is 0.955. The molecular weight excluding hydrogens is 158 g/mol.